The lowest BCUT2D eigenvalue weighted by Gasteiger charge is -2.11. The molecular weight excluding hydrogens is 158 g/mol. The van der Waals surface area contributed by atoms with Crippen LogP contribution in [0.5, 0.6) is 0 Å². The molecule has 0 aromatic rings. The predicted octanol–water partition coefficient (Wildman–Crippen LogP) is -0.414. The standard InChI is InChI=1S/C8H11NO3/c1-4-7(11)3-6(8(4)12)9-5(2)10/h3-4,8,12H,1-2H3,(H,9,10)/t4-,8+/m1/s1. The minimum absolute atomic E-state index is 0.147. The van der Waals surface area contributed by atoms with Crippen LogP contribution < -0.4 is 5.32 Å². The molecule has 0 bridgehead atoms. The normalized spacial score (nSPS) is 28.6. The summed E-state index contributed by atoms with van der Waals surface area (Å²) < 4.78 is 0. The zero-order valence-corrected chi connectivity index (χ0v) is 7.00. The van der Waals surface area contributed by atoms with E-state index < -0.39 is 12.0 Å². The van der Waals surface area contributed by atoms with Crippen LogP contribution >= 0.6 is 0 Å². The van der Waals surface area contributed by atoms with Crippen molar-refractivity contribution >= 4 is 11.7 Å². The van der Waals surface area contributed by atoms with Crippen LogP contribution in [-0.4, -0.2) is 22.9 Å². The van der Waals surface area contributed by atoms with Gasteiger partial charge in [0.1, 0.15) is 6.10 Å². The Bertz CT molecular complexity index is 257. The van der Waals surface area contributed by atoms with Crippen LogP contribution in [0.2, 0.25) is 0 Å². The molecule has 0 spiro atoms. The molecule has 0 unspecified atom stereocenters. The second-order valence-corrected chi connectivity index (χ2v) is 2.92. The highest BCUT2D eigenvalue weighted by Gasteiger charge is 2.31. The van der Waals surface area contributed by atoms with Gasteiger partial charge in [-0.3, -0.25) is 9.59 Å². The summed E-state index contributed by atoms with van der Waals surface area (Å²) in [6.45, 7) is 2.96. The molecular formula is C8H11NO3. The van der Waals surface area contributed by atoms with Crippen molar-refractivity contribution in [1.29, 1.82) is 0 Å². The third-order valence-electron chi connectivity index (χ3n) is 1.86. The van der Waals surface area contributed by atoms with Crippen LogP contribution in [0.1, 0.15) is 13.8 Å². The summed E-state index contributed by atoms with van der Waals surface area (Å²) >= 11 is 0. The second-order valence-electron chi connectivity index (χ2n) is 2.92. The molecule has 66 valence electrons. The Hall–Kier alpha value is -1.16. The fourth-order valence-corrected chi connectivity index (χ4v) is 1.11. The van der Waals surface area contributed by atoms with Crippen LogP contribution in [0.25, 0.3) is 0 Å². The summed E-state index contributed by atoms with van der Waals surface area (Å²) in [5, 5.41) is 11.8. The van der Waals surface area contributed by atoms with Crippen molar-refractivity contribution in [3.63, 3.8) is 0 Å². The van der Waals surface area contributed by atoms with E-state index >= 15 is 0 Å². The Morgan fingerprint density at radius 2 is 2.25 bits per heavy atom. The highest BCUT2D eigenvalue weighted by molar-refractivity contribution is 5.96. The summed E-state index contributed by atoms with van der Waals surface area (Å²) in [6.07, 6.45) is 0.415. The van der Waals surface area contributed by atoms with Crippen molar-refractivity contribution in [3.8, 4) is 0 Å². The first-order chi connectivity index (χ1) is 5.52. The van der Waals surface area contributed by atoms with Crippen molar-refractivity contribution in [1.82, 2.24) is 5.32 Å². The minimum Gasteiger partial charge on any atom is -0.386 e. The number of hydrogen-bond acceptors (Lipinski definition) is 3. The molecule has 1 rings (SSSR count). The molecule has 4 nitrogen and oxygen atoms in total. The number of ketones is 1. The summed E-state index contributed by atoms with van der Waals surface area (Å²) in [6, 6.07) is 0. The first-order valence-electron chi connectivity index (χ1n) is 3.73. The lowest BCUT2D eigenvalue weighted by atomic mass is 10.1. The lowest BCUT2D eigenvalue weighted by Crippen LogP contribution is -2.28. The predicted molar refractivity (Wildman–Crippen MR) is 42.1 cm³/mol. The molecule has 2 N–H and O–H groups in total. The molecule has 0 saturated carbocycles. The third kappa shape index (κ3) is 1.53. The van der Waals surface area contributed by atoms with Gasteiger partial charge in [0.25, 0.3) is 0 Å². The van der Waals surface area contributed by atoms with E-state index in [4.69, 9.17) is 0 Å². The van der Waals surface area contributed by atoms with Crippen LogP contribution in [-0.2, 0) is 9.59 Å². The summed E-state index contributed by atoms with van der Waals surface area (Å²) in [7, 11) is 0. The maximum Gasteiger partial charge on any atom is 0.221 e. The Kier molecular flexibility index (Phi) is 2.28. The van der Waals surface area contributed by atoms with Gasteiger partial charge in [0, 0.05) is 13.0 Å². The number of nitrogens with one attached hydrogen (secondary N) is 1. The molecule has 0 aromatic carbocycles. The summed E-state index contributed by atoms with van der Waals surface area (Å²) in [4.78, 5) is 21.6. The highest BCUT2D eigenvalue weighted by Crippen LogP contribution is 2.19. The van der Waals surface area contributed by atoms with E-state index in [1.165, 1.54) is 13.0 Å². The summed E-state index contributed by atoms with van der Waals surface area (Å²) in [5.41, 5.74) is 0.306. The van der Waals surface area contributed by atoms with Gasteiger partial charge in [0.05, 0.1) is 11.6 Å². The number of allylic oxidation sites excluding steroid dienone is 1. The van der Waals surface area contributed by atoms with Gasteiger partial charge in [-0.25, -0.2) is 0 Å². The van der Waals surface area contributed by atoms with Crippen LogP contribution in [0.15, 0.2) is 11.8 Å². The smallest absolute Gasteiger partial charge is 0.221 e. The van der Waals surface area contributed by atoms with Gasteiger partial charge in [0.15, 0.2) is 5.78 Å². The average Bonchev–Trinajstić information content (AvgIpc) is 2.17. The van der Waals surface area contributed by atoms with E-state index in [-0.39, 0.29) is 11.7 Å². The largest absolute Gasteiger partial charge is 0.386 e. The topological polar surface area (TPSA) is 66.4 Å². The van der Waals surface area contributed by atoms with E-state index in [9.17, 15) is 14.7 Å². The van der Waals surface area contributed by atoms with Gasteiger partial charge < -0.3 is 10.4 Å². The molecule has 0 aromatic heterocycles. The van der Waals surface area contributed by atoms with Gasteiger partial charge in [-0.1, -0.05) is 6.92 Å². The van der Waals surface area contributed by atoms with Crippen molar-refractivity contribution < 1.29 is 14.7 Å². The van der Waals surface area contributed by atoms with Crippen molar-refractivity contribution in [3.05, 3.63) is 11.8 Å². The molecule has 4 heteroatoms. The Labute approximate surface area is 70.3 Å². The lowest BCUT2D eigenvalue weighted by molar-refractivity contribution is -0.120. The molecule has 0 radical (unpaired) electrons. The molecule has 1 amide bonds. The number of carbonyl (C=O) groups excluding carboxylic acids is 2. The quantitative estimate of drug-likeness (QED) is 0.560. The Morgan fingerprint density at radius 1 is 1.67 bits per heavy atom. The monoisotopic (exact) mass is 169 g/mol. The molecule has 12 heavy (non-hydrogen) atoms. The fraction of sp³-hybridized carbons (Fsp3) is 0.500. The maximum absolute atomic E-state index is 11.0. The van der Waals surface area contributed by atoms with E-state index in [2.05, 4.69) is 5.32 Å². The van der Waals surface area contributed by atoms with Crippen LogP contribution in [0.4, 0.5) is 0 Å². The molecule has 0 saturated heterocycles. The SMILES string of the molecule is CC(=O)NC1=CC(=O)[C@@H](C)[C@@H]1O. The number of aliphatic hydroxyl groups excluding tert-OH is 1. The molecule has 0 heterocycles. The average molecular weight is 169 g/mol. The minimum atomic E-state index is -0.860. The van der Waals surface area contributed by atoms with Gasteiger partial charge in [0.2, 0.25) is 5.91 Å². The van der Waals surface area contributed by atoms with Gasteiger partial charge in [-0.15, -0.1) is 0 Å². The fourth-order valence-electron chi connectivity index (χ4n) is 1.11. The van der Waals surface area contributed by atoms with E-state index in [0.717, 1.165) is 0 Å². The van der Waals surface area contributed by atoms with Gasteiger partial charge in [-0.05, 0) is 0 Å². The molecule has 1 aliphatic carbocycles. The van der Waals surface area contributed by atoms with Crippen LogP contribution in [0.3, 0.4) is 0 Å². The highest BCUT2D eigenvalue weighted by atomic mass is 16.3. The van der Waals surface area contributed by atoms with Crippen molar-refractivity contribution in [2.24, 2.45) is 5.92 Å². The van der Waals surface area contributed by atoms with E-state index in [1.807, 2.05) is 0 Å². The van der Waals surface area contributed by atoms with Gasteiger partial charge >= 0.3 is 0 Å². The molecule has 0 fully saturated rings. The van der Waals surface area contributed by atoms with Gasteiger partial charge in [-0.2, -0.15) is 0 Å². The first-order valence-corrected chi connectivity index (χ1v) is 3.73. The van der Waals surface area contributed by atoms with E-state index in [1.54, 1.807) is 6.92 Å². The van der Waals surface area contributed by atoms with Crippen molar-refractivity contribution in [2.45, 2.75) is 20.0 Å². The molecule has 1 aliphatic rings. The van der Waals surface area contributed by atoms with Crippen LogP contribution in [0, 0.1) is 5.92 Å². The summed E-state index contributed by atoms with van der Waals surface area (Å²) in [5.74, 6) is -0.861. The number of carbonyl (C=O) groups is 2. The first kappa shape index (κ1) is 8.93. The second kappa shape index (κ2) is 3.06. The molecule has 0 aliphatic heterocycles. The zero-order chi connectivity index (χ0) is 9.30. The Balaban J connectivity index is 2.73. The maximum atomic E-state index is 11.0. The number of rotatable bonds is 1. The number of aliphatic hydroxyl groups is 1. The Morgan fingerprint density at radius 3 is 2.58 bits per heavy atom. The van der Waals surface area contributed by atoms with Crippen molar-refractivity contribution in [2.75, 3.05) is 0 Å². The van der Waals surface area contributed by atoms with E-state index in [0.29, 0.717) is 5.70 Å². The number of hydrogen-bond donors (Lipinski definition) is 2. The third-order valence-corrected chi connectivity index (χ3v) is 1.86. The number of amides is 1. The molecule has 2 atom stereocenters. The zero-order valence-electron chi connectivity index (χ0n) is 7.00.